The van der Waals surface area contributed by atoms with E-state index >= 15 is 0 Å². The third-order valence-corrected chi connectivity index (χ3v) is 2.18. The number of rotatable bonds is 11. The molecule has 0 atom stereocenters. The minimum absolute atomic E-state index is 0.307. The predicted octanol–water partition coefficient (Wildman–Crippen LogP) is 0.777. The number of nitrogens with zero attached hydrogens (tertiary/aromatic N) is 3. The molecule has 0 bridgehead atoms. The number of hydrogen-bond donors (Lipinski definition) is 2. The van der Waals surface area contributed by atoms with Crippen LogP contribution in [0.15, 0.2) is 0 Å². The molecule has 0 aromatic carbocycles. The Kier molecular flexibility index (Phi) is 8.32. The van der Waals surface area contributed by atoms with Crippen molar-refractivity contribution >= 4 is 11.9 Å². The van der Waals surface area contributed by atoms with Gasteiger partial charge >= 0.3 is 6.01 Å². The van der Waals surface area contributed by atoms with Crippen LogP contribution in [0.2, 0.25) is 0 Å². The van der Waals surface area contributed by atoms with Crippen molar-refractivity contribution in [1.82, 2.24) is 15.0 Å². The molecule has 1 aromatic heterocycles. The van der Waals surface area contributed by atoms with Gasteiger partial charge in [-0.25, -0.2) is 0 Å². The van der Waals surface area contributed by atoms with Crippen molar-refractivity contribution < 1.29 is 14.2 Å². The van der Waals surface area contributed by atoms with Crippen molar-refractivity contribution in [2.45, 2.75) is 13.8 Å². The van der Waals surface area contributed by atoms with Gasteiger partial charge in [-0.3, -0.25) is 0 Å². The molecule has 2 N–H and O–H groups in total. The van der Waals surface area contributed by atoms with E-state index in [1.54, 1.807) is 7.11 Å². The van der Waals surface area contributed by atoms with Crippen LogP contribution in [0.25, 0.3) is 0 Å². The summed E-state index contributed by atoms with van der Waals surface area (Å²) >= 11 is 0. The van der Waals surface area contributed by atoms with Gasteiger partial charge in [0.15, 0.2) is 0 Å². The number of ether oxygens (including phenoxy) is 3. The minimum Gasteiger partial charge on any atom is -0.464 e. The van der Waals surface area contributed by atoms with Crippen LogP contribution in [0.3, 0.4) is 0 Å². The van der Waals surface area contributed by atoms with Crippen LogP contribution in [0, 0.1) is 0 Å². The van der Waals surface area contributed by atoms with Gasteiger partial charge in [0.1, 0.15) is 0 Å². The van der Waals surface area contributed by atoms with Crippen LogP contribution in [-0.2, 0) is 9.47 Å². The molecule has 1 rings (SSSR count). The smallest absolute Gasteiger partial charge is 0.323 e. The molecule has 1 aromatic rings. The molecule has 114 valence electrons. The normalized spacial score (nSPS) is 10.3. The maximum Gasteiger partial charge on any atom is 0.323 e. The zero-order valence-corrected chi connectivity index (χ0v) is 12.3. The zero-order chi connectivity index (χ0) is 14.6. The van der Waals surface area contributed by atoms with Gasteiger partial charge in [-0.15, -0.1) is 0 Å². The highest BCUT2D eigenvalue weighted by Gasteiger charge is 2.06. The molecular formula is C12H23N5O3. The molecule has 1 heterocycles. The largest absolute Gasteiger partial charge is 0.464 e. The molecule has 0 aliphatic carbocycles. The molecule has 0 aliphatic heterocycles. The zero-order valence-electron chi connectivity index (χ0n) is 12.3. The minimum atomic E-state index is 0.307. The summed E-state index contributed by atoms with van der Waals surface area (Å²) in [6, 6.07) is 0.307. The van der Waals surface area contributed by atoms with Gasteiger partial charge in [-0.1, -0.05) is 0 Å². The van der Waals surface area contributed by atoms with E-state index in [4.69, 9.17) is 14.2 Å². The molecule has 0 fully saturated rings. The fraction of sp³-hybridized carbons (Fsp3) is 0.750. The highest BCUT2D eigenvalue weighted by atomic mass is 16.5. The first-order valence-electron chi connectivity index (χ1n) is 6.73. The lowest BCUT2D eigenvalue weighted by atomic mass is 10.6. The first-order chi connectivity index (χ1) is 9.80. The maximum atomic E-state index is 5.35. The molecule has 0 saturated carbocycles. The third kappa shape index (κ3) is 6.48. The lowest BCUT2D eigenvalue weighted by molar-refractivity contribution is 0.0758. The predicted molar refractivity (Wildman–Crippen MR) is 76.3 cm³/mol. The van der Waals surface area contributed by atoms with Gasteiger partial charge in [-0.2, -0.15) is 15.0 Å². The van der Waals surface area contributed by atoms with Crippen molar-refractivity contribution in [1.29, 1.82) is 0 Å². The number of hydrogen-bond acceptors (Lipinski definition) is 8. The fourth-order valence-corrected chi connectivity index (χ4v) is 1.35. The standard InChI is InChI=1S/C12H23N5O3/c1-4-13-10-15-11(17-12(16-10)20-5-2)14-6-7-19-9-8-18-3/h4-9H2,1-3H3,(H2,13,14,15,16,17). The van der Waals surface area contributed by atoms with Crippen LogP contribution >= 0.6 is 0 Å². The molecule has 8 nitrogen and oxygen atoms in total. The molecule has 0 unspecified atom stereocenters. The quantitative estimate of drug-likeness (QED) is 0.576. The summed E-state index contributed by atoms with van der Waals surface area (Å²) in [6.07, 6.45) is 0. The van der Waals surface area contributed by atoms with Crippen molar-refractivity contribution in [2.75, 3.05) is 57.3 Å². The summed E-state index contributed by atoms with van der Waals surface area (Å²) < 4.78 is 15.5. The van der Waals surface area contributed by atoms with Crippen molar-refractivity contribution in [3.63, 3.8) is 0 Å². The van der Waals surface area contributed by atoms with Crippen LogP contribution in [0.1, 0.15) is 13.8 Å². The Labute approximate surface area is 119 Å². The van der Waals surface area contributed by atoms with E-state index in [2.05, 4.69) is 25.6 Å². The Hall–Kier alpha value is -1.67. The lowest BCUT2D eigenvalue weighted by Crippen LogP contribution is -2.15. The maximum absolute atomic E-state index is 5.35. The average Bonchev–Trinajstić information content (AvgIpc) is 2.43. The van der Waals surface area contributed by atoms with Crippen LogP contribution in [0.5, 0.6) is 6.01 Å². The highest BCUT2D eigenvalue weighted by molar-refractivity contribution is 5.35. The Morgan fingerprint density at radius 1 is 0.950 bits per heavy atom. The van der Waals surface area contributed by atoms with E-state index in [9.17, 15) is 0 Å². The number of anilines is 2. The third-order valence-electron chi connectivity index (χ3n) is 2.18. The summed E-state index contributed by atoms with van der Waals surface area (Å²) in [5, 5.41) is 6.11. The average molecular weight is 285 g/mol. The van der Waals surface area contributed by atoms with Crippen molar-refractivity contribution in [3.05, 3.63) is 0 Å². The fourth-order valence-electron chi connectivity index (χ4n) is 1.35. The van der Waals surface area contributed by atoms with Crippen molar-refractivity contribution in [3.8, 4) is 6.01 Å². The molecule has 0 spiro atoms. The number of nitrogens with one attached hydrogen (secondary N) is 2. The van der Waals surface area contributed by atoms with Crippen LogP contribution < -0.4 is 15.4 Å². The van der Waals surface area contributed by atoms with E-state index in [-0.39, 0.29) is 0 Å². The second-order valence-corrected chi connectivity index (χ2v) is 3.76. The van der Waals surface area contributed by atoms with Crippen molar-refractivity contribution in [2.24, 2.45) is 0 Å². The summed E-state index contributed by atoms with van der Waals surface area (Å²) in [5.74, 6) is 0.962. The number of aromatic nitrogens is 3. The summed E-state index contributed by atoms with van der Waals surface area (Å²) in [6.45, 7) is 7.41. The van der Waals surface area contributed by atoms with E-state index in [0.29, 0.717) is 50.9 Å². The Bertz CT molecular complexity index is 354. The van der Waals surface area contributed by atoms with Gasteiger partial charge in [0.2, 0.25) is 11.9 Å². The summed E-state index contributed by atoms with van der Waals surface area (Å²) in [5.41, 5.74) is 0. The molecule has 20 heavy (non-hydrogen) atoms. The van der Waals surface area contributed by atoms with E-state index in [1.807, 2.05) is 13.8 Å². The number of methoxy groups -OCH3 is 1. The highest BCUT2D eigenvalue weighted by Crippen LogP contribution is 2.10. The second kappa shape index (κ2) is 10.2. The monoisotopic (exact) mass is 285 g/mol. The molecule has 0 amide bonds. The molecule has 8 heteroatoms. The first kappa shape index (κ1) is 16.4. The van der Waals surface area contributed by atoms with E-state index in [1.165, 1.54) is 0 Å². The lowest BCUT2D eigenvalue weighted by Gasteiger charge is -2.09. The summed E-state index contributed by atoms with van der Waals surface area (Å²) in [7, 11) is 1.64. The van der Waals surface area contributed by atoms with E-state index in [0.717, 1.165) is 6.54 Å². The van der Waals surface area contributed by atoms with E-state index < -0.39 is 0 Å². The van der Waals surface area contributed by atoms with Gasteiger partial charge in [0.05, 0.1) is 26.4 Å². The summed E-state index contributed by atoms with van der Waals surface area (Å²) in [4.78, 5) is 12.5. The second-order valence-electron chi connectivity index (χ2n) is 3.76. The van der Waals surface area contributed by atoms with Crippen LogP contribution in [-0.4, -0.2) is 61.6 Å². The Balaban J connectivity index is 2.46. The Morgan fingerprint density at radius 2 is 1.70 bits per heavy atom. The Morgan fingerprint density at radius 3 is 2.35 bits per heavy atom. The molecule has 0 radical (unpaired) electrons. The SMILES string of the molecule is CCNc1nc(NCCOCCOC)nc(OCC)n1. The van der Waals surface area contributed by atoms with Gasteiger partial charge < -0.3 is 24.8 Å². The molecular weight excluding hydrogens is 262 g/mol. The molecule has 0 saturated heterocycles. The van der Waals surface area contributed by atoms with Gasteiger partial charge in [0, 0.05) is 20.2 Å². The topological polar surface area (TPSA) is 90.4 Å². The van der Waals surface area contributed by atoms with Gasteiger partial charge in [0.25, 0.3) is 0 Å². The molecule has 0 aliphatic rings. The van der Waals surface area contributed by atoms with Gasteiger partial charge in [-0.05, 0) is 13.8 Å². The van der Waals surface area contributed by atoms with Crippen LogP contribution in [0.4, 0.5) is 11.9 Å². The first-order valence-corrected chi connectivity index (χ1v) is 6.73.